The maximum atomic E-state index is 12.3. The number of aromatic nitrogens is 2. The molecule has 0 saturated heterocycles. The molecule has 0 aliphatic heterocycles. The number of H-pyrrole nitrogens is 1. The molecule has 4 rings (SSSR count). The fraction of sp³-hybridized carbons (Fsp3) is 0.321. The van der Waals surface area contributed by atoms with Crippen LogP contribution < -0.4 is 4.90 Å². The Bertz CT molecular complexity index is 1370. The molecule has 6 heteroatoms. The predicted molar refractivity (Wildman–Crippen MR) is 141 cm³/mol. The van der Waals surface area contributed by atoms with Crippen LogP contribution in [-0.4, -0.2) is 37.7 Å². The Morgan fingerprint density at radius 1 is 0.941 bits per heavy atom. The number of fused-ring (bicyclic) bond motifs is 1. The summed E-state index contributed by atoms with van der Waals surface area (Å²) in [6, 6.07) is 16.1. The van der Waals surface area contributed by atoms with Gasteiger partial charge in [-0.2, -0.15) is 0 Å². The number of sulfone groups is 1. The fourth-order valence-electron chi connectivity index (χ4n) is 4.65. The number of nitrogens with zero attached hydrogens (tertiary/aromatic N) is 2. The lowest BCUT2D eigenvalue weighted by Gasteiger charge is -2.24. The monoisotopic (exact) mass is 475 g/mol. The maximum Gasteiger partial charge on any atom is 0.175 e. The number of rotatable bonds is 9. The van der Waals surface area contributed by atoms with Gasteiger partial charge < -0.3 is 9.88 Å². The third-order valence-corrected chi connectivity index (χ3v) is 7.38. The van der Waals surface area contributed by atoms with Gasteiger partial charge in [-0.05, 0) is 88.1 Å². The molecule has 0 saturated carbocycles. The number of unbranched alkanes of at least 4 members (excludes halogenated alkanes) is 1. The van der Waals surface area contributed by atoms with E-state index in [2.05, 4.69) is 66.0 Å². The van der Waals surface area contributed by atoms with Crippen molar-refractivity contribution in [2.75, 3.05) is 24.2 Å². The number of aromatic amines is 1. The molecule has 34 heavy (non-hydrogen) atoms. The molecule has 0 spiro atoms. The largest absolute Gasteiger partial charge is 0.370 e. The van der Waals surface area contributed by atoms with Crippen molar-refractivity contribution < 1.29 is 8.42 Å². The molecule has 5 nitrogen and oxygen atoms in total. The van der Waals surface area contributed by atoms with Crippen molar-refractivity contribution in [2.24, 2.45) is 0 Å². The number of pyridine rings is 1. The molecule has 4 aromatic rings. The van der Waals surface area contributed by atoms with Gasteiger partial charge in [0.25, 0.3) is 0 Å². The van der Waals surface area contributed by atoms with Crippen LogP contribution in [0, 0.1) is 13.8 Å². The van der Waals surface area contributed by atoms with E-state index in [-0.39, 0.29) is 0 Å². The van der Waals surface area contributed by atoms with Crippen LogP contribution >= 0.6 is 0 Å². The van der Waals surface area contributed by atoms with Gasteiger partial charge in [-0.1, -0.05) is 17.2 Å². The summed E-state index contributed by atoms with van der Waals surface area (Å²) in [6.07, 6.45) is 8.10. The Labute approximate surface area is 202 Å². The third kappa shape index (κ3) is 5.33. The highest BCUT2D eigenvalue weighted by molar-refractivity contribution is 7.90. The quantitative estimate of drug-likeness (QED) is 0.297. The van der Waals surface area contributed by atoms with Crippen LogP contribution in [-0.2, 0) is 16.3 Å². The summed E-state index contributed by atoms with van der Waals surface area (Å²) in [5.74, 6) is 0. The molecule has 2 aromatic heterocycles. The highest BCUT2D eigenvalue weighted by Crippen LogP contribution is 2.39. The molecule has 1 N–H and O–H groups in total. The lowest BCUT2D eigenvalue weighted by atomic mass is 10.0. The minimum atomic E-state index is -3.30. The van der Waals surface area contributed by atoms with Crippen molar-refractivity contribution in [1.29, 1.82) is 0 Å². The number of hydrogen-bond acceptors (Lipinski definition) is 4. The SMILES string of the molecule is CCN(CCCCc1ccncc1)c1c(-c2cc(C)cc(C)c2)[nH]c2ccc(S(C)(=O)=O)cc12. The second-order valence-electron chi connectivity index (χ2n) is 9.10. The van der Waals surface area contributed by atoms with E-state index in [1.165, 1.54) is 22.9 Å². The number of anilines is 1. The van der Waals surface area contributed by atoms with Crippen molar-refractivity contribution in [2.45, 2.75) is 44.9 Å². The second kappa shape index (κ2) is 10.0. The molecule has 0 aliphatic carbocycles. The zero-order chi connectivity index (χ0) is 24.3. The zero-order valence-electron chi connectivity index (χ0n) is 20.4. The summed E-state index contributed by atoms with van der Waals surface area (Å²) in [5.41, 5.74) is 7.92. The van der Waals surface area contributed by atoms with Gasteiger partial charge in [-0.3, -0.25) is 4.98 Å². The Kier molecular flexibility index (Phi) is 7.08. The summed E-state index contributed by atoms with van der Waals surface area (Å²) in [5, 5.41) is 0.952. The summed E-state index contributed by atoms with van der Waals surface area (Å²) in [7, 11) is -3.30. The van der Waals surface area contributed by atoms with E-state index in [1.807, 2.05) is 24.5 Å². The summed E-state index contributed by atoms with van der Waals surface area (Å²) >= 11 is 0. The van der Waals surface area contributed by atoms with Crippen LogP contribution in [0.25, 0.3) is 22.2 Å². The molecule has 0 atom stereocenters. The van der Waals surface area contributed by atoms with Crippen LogP contribution in [0.15, 0.2) is 65.8 Å². The molecule has 178 valence electrons. The van der Waals surface area contributed by atoms with Gasteiger partial charge in [-0.25, -0.2) is 8.42 Å². The second-order valence-corrected chi connectivity index (χ2v) is 11.1. The molecule has 0 unspecified atom stereocenters. The lowest BCUT2D eigenvalue weighted by Crippen LogP contribution is -2.24. The lowest BCUT2D eigenvalue weighted by molar-refractivity contribution is 0.602. The Hall–Kier alpha value is -3.12. The molecule has 0 fully saturated rings. The molecule has 2 heterocycles. The molecule has 2 aromatic carbocycles. The van der Waals surface area contributed by atoms with Gasteiger partial charge in [0, 0.05) is 48.2 Å². The summed E-state index contributed by atoms with van der Waals surface area (Å²) in [4.78, 5) is 10.4. The van der Waals surface area contributed by atoms with E-state index >= 15 is 0 Å². The van der Waals surface area contributed by atoms with Gasteiger partial charge >= 0.3 is 0 Å². The van der Waals surface area contributed by atoms with Gasteiger partial charge in [-0.15, -0.1) is 0 Å². The van der Waals surface area contributed by atoms with Crippen LogP contribution in [0.1, 0.15) is 36.5 Å². The topological polar surface area (TPSA) is 66.1 Å². The number of hydrogen-bond donors (Lipinski definition) is 1. The zero-order valence-corrected chi connectivity index (χ0v) is 21.2. The third-order valence-electron chi connectivity index (χ3n) is 6.27. The predicted octanol–water partition coefficient (Wildman–Crippen LogP) is 6.10. The van der Waals surface area contributed by atoms with E-state index in [9.17, 15) is 8.42 Å². The highest BCUT2D eigenvalue weighted by atomic mass is 32.2. The van der Waals surface area contributed by atoms with Gasteiger partial charge in [0.2, 0.25) is 0 Å². The Morgan fingerprint density at radius 2 is 1.65 bits per heavy atom. The fourth-order valence-corrected chi connectivity index (χ4v) is 5.30. The van der Waals surface area contributed by atoms with Crippen molar-refractivity contribution in [3.63, 3.8) is 0 Å². The molecule has 0 aliphatic rings. The normalized spacial score (nSPS) is 11.8. The average molecular weight is 476 g/mol. The van der Waals surface area contributed by atoms with E-state index in [1.54, 1.807) is 6.07 Å². The Morgan fingerprint density at radius 3 is 2.29 bits per heavy atom. The van der Waals surface area contributed by atoms with Crippen LogP contribution in [0.4, 0.5) is 5.69 Å². The van der Waals surface area contributed by atoms with Gasteiger partial charge in [0.05, 0.1) is 16.3 Å². The molecular formula is C28H33N3O2S. The molecule has 0 amide bonds. The molecular weight excluding hydrogens is 442 g/mol. The first-order chi connectivity index (χ1) is 16.3. The number of aryl methyl sites for hydroxylation is 3. The number of nitrogens with one attached hydrogen (secondary N) is 1. The van der Waals surface area contributed by atoms with Crippen molar-refractivity contribution >= 4 is 26.4 Å². The smallest absolute Gasteiger partial charge is 0.175 e. The van der Waals surface area contributed by atoms with E-state index in [4.69, 9.17) is 0 Å². The first kappa shape index (κ1) is 24.0. The van der Waals surface area contributed by atoms with E-state index in [0.717, 1.165) is 60.2 Å². The minimum absolute atomic E-state index is 0.348. The van der Waals surface area contributed by atoms with Crippen LogP contribution in [0.5, 0.6) is 0 Å². The number of benzene rings is 2. The van der Waals surface area contributed by atoms with Crippen LogP contribution in [0.3, 0.4) is 0 Å². The van der Waals surface area contributed by atoms with Crippen molar-refractivity contribution in [3.8, 4) is 11.3 Å². The van der Waals surface area contributed by atoms with Crippen LogP contribution in [0.2, 0.25) is 0 Å². The average Bonchev–Trinajstić information content (AvgIpc) is 3.17. The standard InChI is InChI=1S/C28H33N3O2S/c1-5-31(15-7-6-8-22-11-13-29-14-12-22)28-25-19-24(34(4,32)33)9-10-26(25)30-27(28)23-17-20(2)16-21(3)18-23/h9-14,16-19,30H,5-8,15H2,1-4H3. The highest BCUT2D eigenvalue weighted by Gasteiger charge is 2.20. The van der Waals surface area contributed by atoms with Gasteiger partial charge in [0.1, 0.15) is 0 Å². The summed E-state index contributed by atoms with van der Waals surface area (Å²) < 4.78 is 24.6. The van der Waals surface area contributed by atoms with E-state index in [0.29, 0.717) is 4.90 Å². The van der Waals surface area contributed by atoms with Gasteiger partial charge in [0.15, 0.2) is 9.84 Å². The van der Waals surface area contributed by atoms with E-state index < -0.39 is 9.84 Å². The van der Waals surface area contributed by atoms with Crippen molar-refractivity contribution in [1.82, 2.24) is 9.97 Å². The first-order valence-corrected chi connectivity index (χ1v) is 13.7. The molecule has 0 radical (unpaired) electrons. The molecule has 0 bridgehead atoms. The van der Waals surface area contributed by atoms with Crippen molar-refractivity contribution in [3.05, 3.63) is 77.6 Å². The maximum absolute atomic E-state index is 12.3. The minimum Gasteiger partial charge on any atom is -0.370 e. The summed E-state index contributed by atoms with van der Waals surface area (Å²) in [6.45, 7) is 8.11. The first-order valence-electron chi connectivity index (χ1n) is 11.8. The Balaban J connectivity index is 1.73.